The van der Waals surface area contributed by atoms with Crippen molar-refractivity contribution >= 4 is 29.3 Å². The third kappa shape index (κ3) is 5.43. The van der Waals surface area contributed by atoms with E-state index in [0.29, 0.717) is 18.5 Å². The number of hydrogen-bond acceptors (Lipinski definition) is 6. The van der Waals surface area contributed by atoms with Gasteiger partial charge in [0.15, 0.2) is 0 Å². The van der Waals surface area contributed by atoms with Crippen LogP contribution in [0.2, 0.25) is 0 Å². The minimum absolute atomic E-state index is 0.0243. The number of nitrogens with one attached hydrogen (secondary N) is 2. The van der Waals surface area contributed by atoms with Crippen LogP contribution in [-0.4, -0.2) is 48.0 Å². The van der Waals surface area contributed by atoms with Gasteiger partial charge >= 0.3 is 0 Å². The molecule has 2 heterocycles. The number of fused-ring (bicyclic) bond motifs is 1. The molecular weight excluding hydrogens is 464 g/mol. The maximum atomic E-state index is 13.0. The van der Waals surface area contributed by atoms with Crippen LogP contribution in [0.3, 0.4) is 0 Å². The second-order valence-corrected chi connectivity index (χ2v) is 10.2. The van der Waals surface area contributed by atoms with Gasteiger partial charge in [-0.05, 0) is 68.0 Å². The lowest BCUT2D eigenvalue weighted by Crippen LogP contribution is -2.41. The summed E-state index contributed by atoms with van der Waals surface area (Å²) in [5, 5.41) is 6.69. The van der Waals surface area contributed by atoms with E-state index >= 15 is 0 Å². The molecule has 3 aromatic rings. The Hall–Kier alpha value is -3.94. The van der Waals surface area contributed by atoms with Gasteiger partial charge < -0.3 is 20.4 Å². The van der Waals surface area contributed by atoms with Gasteiger partial charge in [-0.15, -0.1) is 0 Å². The summed E-state index contributed by atoms with van der Waals surface area (Å²) in [6, 6.07) is 17.9. The third-order valence-electron chi connectivity index (χ3n) is 7.43. The minimum atomic E-state index is -0.265. The van der Waals surface area contributed by atoms with Gasteiger partial charge in [-0.2, -0.15) is 4.98 Å². The smallest absolute Gasteiger partial charge is 0.258 e. The van der Waals surface area contributed by atoms with Gasteiger partial charge in [-0.3, -0.25) is 9.59 Å². The molecule has 5 rings (SSSR count). The van der Waals surface area contributed by atoms with Crippen molar-refractivity contribution < 1.29 is 9.59 Å². The Balaban J connectivity index is 1.12. The monoisotopic (exact) mass is 498 g/mol. The topological polar surface area (TPSA) is 90.5 Å². The van der Waals surface area contributed by atoms with Crippen LogP contribution >= 0.6 is 0 Å². The largest absolute Gasteiger partial charge is 0.363 e. The molecule has 0 bridgehead atoms. The summed E-state index contributed by atoms with van der Waals surface area (Å²) in [7, 11) is 3.92. The predicted octanol–water partition coefficient (Wildman–Crippen LogP) is 4.35. The Labute approximate surface area is 218 Å². The second kappa shape index (κ2) is 10.6. The molecule has 192 valence electrons. The number of nitrogens with zero attached hydrogens (tertiary/aromatic N) is 4. The number of amides is 2. The van der Waals surface area contributed by atoms with E-state index in [9.17, 15) is 9.59 Å². The number of carbonyl (C=O) groups excluding carboxylic acids is 2. The van der Waals surface area contributed by atoms with E-state index in [2.05, 4.69) is 20.6 Å². The van der Waals surface area contributed by atoms with Crippen molar-refractivity contribution in [1.29, 1.82) is 0 Å². The fraction of sp³-hybridized carbons (Fsp3) is 0.379. The molecule has 37 heavy (non-hydrogen) atoms. The van der Waals surface area contributed by atoms with Crippen molar-refractivity contribution in [2.75, 3.05) is 29.2 Å². The fourth-order valence-electron chi connectivity index (χ4n) is 5.12. The van der Waals surface area contributed by atoms with Crippen LogP contribution in [0.1, 0.15) is 60.0 Å². The molecule has 1 fully saturated rings. The lowest BCUT2D eigenvalue weighted by molar-refractivity contribution is -0.123. The van der Waals surface area contributed by atoms with E-state index in [4.69, 9.17) is 0 Å². The van der Waals surface area contributed by atoms with Crippen molar-refractivity contribution in [2.45, 2.75) is 57.2 Å². The van der Waals surface area contributed by atoms with E-state index in [0.717, 1.165) is 53.9 Å². The highest BCUT2D eigenvalue weighted by Gasteiger charge is 2.29. The summed E-state index contributed by atoms with van der Waals surface area (Å²) in [5.41, 5.74) is 3.60. The van der Waals surface area contributed by atoms with Crippen molar-refractivity contribution in [1.82, 2.24) is 15.3 Å². The highest BCUT2D eigenvalue weighted by Crippen LogP contribution is 2.30. The first-order valence-electron chi connectivity index (χ1n) is 13.0. The Morgan fingerprint density at radius 2 is 1.70 bits per heavy atom. The molecule has 1 saturated carbocycles. The molecule has 2 N–H and O–H groups in total. The molecule has 0 spiro atoms. The zero-order valence-electron chi connectivity index (χ0n) is 21.6. The Kier molecular flexibility index (Phi) is 7.08. The minimum Gasteiger partial charge on any atom is -0.363 e. The van der Waals surface area contributed by atoms with Crippen molar-refractivity contribution in [3.63, 3.8) is 0 Å². The van der Waals surface area contributed by atoms with Gasteiger partial charge in [0.2, 0.25) is 11.9 Å². The summed E-state index contributed by atoms with van der Waals surface area (Å²) in [6.45, 7) is 2.51. The molecule has 2 amide bonds. The van der Waals surface area contributed by atoms with E-state index in [-0.39, 0.29) is 23.8 Å². The number of carbonyl (C=O) groups is 2. The predicted molar refractivity (Wildman–Crippen MR) is 146 cm³/mol. The third-order valence-corrected chi connectivity index (χ3v) is 7.43. The van der Waals surface area contributed by atoms with Crippen LogP contribution < -0.4 is 20.4 Å². The first-order chi connectivity index (χ1) is 17.9. The summed E-state index contributed by atoms with van der Waals surface area (Å²) in [4.78, 5) is 38.4. The Morgan fingerprint density at radius 1 is 1.00 bits per heavy atom. The molecular formula is C29H34N6O2. The average molecular weight is 499 g/mol. The Bertz CT molecular complexity index is 1270. The van der Waals surface area contributed by atoms with E-state index in [1.165, 1.54) is 0 Å². The molecule has 2 aromatic carbocycles. The van der Waals surface area contributed by atoms with Crippen molar-refractivity contribution in [2.24, 2.45) is 0 Å². The summed E-state index contributed by atoms with van der Waals surface area (Å²) in [5.74, 6) is 1.32. The molecule has 1 aromatic heterocycles. The van der Waals surface area contributed by atoms with Crippen molar-refractivity contribution in [3.05, 3.63) is 77.5 Å². The highest BCUT2D eigenvalue weighted by molar-refractivity contribution is 6.10. The Morgan fingerprint density at radius 3 is 2.41 bits per heavy atom. The second-order valence-electron chi connectivity index (χ2n) is 10.2. The van der Waals surface area contributed by atoms with E-state index in [1.54, 1.807) is 11.1 Å². The normalized spacial score (nSPS) is 19.8. The van der Waals surface area contributed by atoms with Crippen LogP contribution in [-0.2, 0) is 11.3 Å². The molecule has 0 saturated heterocycles. The molecule has 0 radical (unpaired) electrons. The summed E-state index contributed by atoms with van der Waals surface area (Å²) in [6.07, 6.45) is 5.51. The number of aromatic nitrogens is 2. The molecule has 8 heteroatoms. The highest BCUT2D eigenvalue weighted by atomic mass is 16.2. The summed E-state index contributed by atoms with van der Waals surface area (Å²) < 4.78 is 0. The quantitative estimate of drug-likeness (QED) is 0.504. The molecule has 1 aliphatic carbocycles. The average Bonchev–Trinajstić information content (AvgIpc) is 3.26. The standard InChI is InChI=1S/C29H34N6O2/c1-19(20-8-14-24(15-9-20)35-18-21-6-4-5-7-25(21)28(35)37)27(36)31-22-10-12-23(13-11-22)32-29-30-17-16-26(33-29)34(2)3/h4-9,14-17,19,22-23H,10-13,18H2,1-3H3,(H,31,36)(H,30,32,33)/t19?,22-,23+. The van der Waals surface area contributed by atoms with Gasteiger partial charge in [0.05, 0.1) is 12.5 Å². The zero-order valence-corrected chi connectivity index (χ0v) is 21.6. The molecule has 8 nitrogen and oxygen atoms in total. The molecule has 1 unspecified atom stereocenters. The van der Waals surface area contributed by atoms with Crippen LogP contribution in [0.15, 0.2) is 60.8 Å². The molecule has 1 aliphatic heterocycles. The van der Waals surface area contributed by atoms with Gasteiger partial charge in [0, 0.05) is 43.6 Å². The zero-order chi connectivity index (χ0) is 25.9. The summed E-state index contributed by atoms with van der Waals surface area (Å²) >= 11 is 0. The van der Waals surface area contributed by atoms with Gasteiger partial charge in [-0.1, -0.05) is 30.3 Å². The number of benzene rings is 2. The lowest BCUT2D eigenvalue weighted by Gasteiger charge is -2.30. The van der Waals surface area contributed by atoms with Crippen LogP contribution in [0.25, 0.3) is 0 Å². The number of anilines is 3. The van der Waals surface area contributed by atoms with Crippen LogP contribution in [0, 0.1) is 0 Å². The maximum absolute atomic E-state index is 13.0. The molecule has 2 aliphatic rings. The van der Waals surface area contributed by atoms with E-state index in [1.807, 2.05) is 80.5 Å². The first kappa shape index (κ1) is 24.7. The van der Waals surface area contributed by atoms with Crippen molar-refractivity contribution in [3.8, 4) is 0 Å². The lowest BCUT2D eigenvalue weighted by atomic mass is 9.90. The first-order valence-corrected chi connectivity index (χ1v) is 13.0. The number of rotatable bonds is 7. The molecule has 1 atom stereocenters. The maximum Gasteiger partial charge on any atom is 0.258 e. The number of hydrogen-bond donors (Lipinski definition) is 2. The van der Waals surface area contributed by atoms with Gasteiger partial charge in [-0.25, -0.2) is 4.98 Å². The van der Waals surface area contributed by atoms with Gasteiger partial charge in [0.25, 0.3) is 5.91 Å². The van der Waals surface area contributed by atoms with Crippen LogP contribution in [0.4, 0.5) is 17.5 Å². The van der Waals surface area contributed by atoms with E-state index < -0.39 is 0 Å². The van der Waals surface area contributed by atoms with Crippen LogP contribution in [0.5, 0.6) is 0 Å². The fourth-order valence-corrected chi connectivity index (χ4v) is 5.12. The SMILES string of the molecule is CC(C(=O)N[C@H]1CC[C@@H](Nc2nccc(N(C)C)n2)CC1)c1ccc(N2Cc3ccccc3C2=O)cc1. The van der Waals surface area contributed by atoms with Gasteiger partial charge in [0.1, 0.15) is 5.82 Å².